The Kier molecular flexibility index (Phi) is 14.3. The Morgan fingerprint density at radius 2 is 1.74 bits per heavy atom. The Morgan fingerprint density at radius 1 is 0.919 bits per heavy atom. The minimum absolute atomic E-state index is 0.117. The molecule has 3 aromatic rings. The van der Waals surface area contributed by atoms with Gasteiger partial charge in [-0.1, -0.05) is 18.9 Å². The molecule has 5 aliphatic rings. The number of carbonyl (C=O) groups is 5. The standard InChI is InChI=1S/C48H60N8O5S/c1-33-30-49-31-37(51-33)13-16-44(57)50-20-3-2-7-34-18-22-55(23-19-34)47(60)36-12-14-41(39(29-36)35-10-11-35)54-26-24-53(25-27-54)21-4-5-28-62-43-9-6-8-38-40(43)32-56(48(38)61)42-15-17-45(58)52-46(42)59/h6,8-9,12-14,16,29-31,34-35,42H,2-5,7,10-11,15,17-28,32H2,1H3,(H,50,57)(H,52,58,59)/b16-13+. The van der Waals surface area contributed by atoms with E-state index in [0.717, 1.165) is 118 Å². The number of anilines is 1. The van der Waals surface area contributed by atoms with Gasteiger partial charge in [-0.2, -0.15) is 0 Å². The quantitative estimate of drug-likeness (QED) is 0.0721. The van der Waals surface area contributed by atoms with Gasteiger partial charge < -0.3 is 20.0 Å². The number of thioether (sulfide) groups is 1. The van der Waals surface area contributed by atoms with Crippen LogP contribution in [0.15, 0.2) is 59.8 Å². The predicted octanol–water partition coefficient (Wildman–Crippen LogP) is 5.97. The molecule has 0 spiro atoms. The van der Waals surface area contributed by atoms with Crippen molar-refractivity contribution in [2.24, 2.45) is 5.92 Å². The van der Waals surface area contributed by atoms with Gasteiger partial charge in [0.25, 0.3) is 11.8 Å². The van der Waals surface area contributed by atoms with Gasteiger partial charge in [-0.05, 0) is 130 Å². The number of hydrogen-bond acceptors (Lipinski definition) is 10. The summed E-state index contributed by atoms with van der Waals surface area (Å²) in [5.74, 6) is 1.39. The predicted molar refractivity (Wildman–Crippen MR) is 241 cm³/mol. The Hall–Kier alpha value is -5.08. The third-order valence-corrected chi connectivity index (χ3v) is 14.3. The minimum Gasteiger partial charge on any atom is -0.369 e. The van der Waals surface area contributed by atoms with Crippen LogP contribution in [0.4, 0.5) is 5.69 Å². The lowest BCUT2D eigenvalue weighted by molar-refractivity contribution is -0.137. The van der Waals surface area contributed by atoms with Gasteiger partial charge in [0.05, 0.1) is 17.6 Å². The molecular formula is C48H60N8O5S. The molecule has 1 atom stereocenters. The molecule has 4 fully saturated rings. The minimum atomic E-state index is -0.595. The number of piperazine rings is 1. The molecule has 2 aromatic carbocycles. The van der Waals surface area contributed by atoms with Gasteiger partial charge in [0.15, 0.2) is 0 Å². The lowest BCUT2D eigenvalue weighted by atomic mass is 9.91. The molecule has 1 saturated carbocycles. The van der Waals surface area contributed by atoms with Crippen LogP contribution in [0.2, 0.25) is 0 Å². The van der Waals surface area contributed by atoms with Gasteiger partial charge in [-0.3, -0.25) is 44.2 Å². The number of benzene rings is 2. The number of nitrogens with zero attached hydrogens (tertiary/aromatic N) is 6. The maximum atomic E-state index is 13.8. The average molecular weight is 861 g/mol. The highest BCUT2D eigenvalue weighted by Crippen LogP contribution is 2.45. The fourth-order valence-corrected chi connectivity index (χ4v) is 10.5. The first-order valence-electron chi connectivity index (χ1n) is 22.7. The number of fused-ring (bicyclic) bond motifs is 1. The molecule has 4 aliphatic heterocycles. The van der Waals surface area contributed by atoms with Crippen LogP contribution in [-0.4, -0.2) is 118 Å². The molecule has 2 N–H and O–H groups in total. The number of rotatable bonds is 17. The SMILES string of the molecule is Cc1cncc(/C=C/C(=O)NCCCCC2CCN(C(=O)c3ccc(N4CCN(CCCCSc5cccc6c5CN(C5CCC(=O)NC5=O)C6=O)CC4)c(C4CC4)c3)CC2)n1. The summed E-state index contributed by atoms with van der Waals surface area (Å²) in [6, 6.07) is 11.7. The zero-order valence-corrected chi connectivity index (χ0v) is 36.8. The topological polar surface area (TPSA) is 148 Å². The van der Waals surface area contributed by atoms with Crippen LogP contribution in [0.25, 0.3) is 6.08 Å². The third-order valence-electron chi connectivity index (χ3n) is 13.1. The van der Waals surface area contributed by atoms with Crippen molar-refractivity contribution in [2.75, 3.05) is 63.0 Å². The van der Waals surface area contributed by atoms with E-state index in [2.05, 4.69) is 59.6 Å². The Balaban J connectivity index is 0.726. The van der Waals surface area contributed by atoms with Crippen molar-refractivity contribution in [3.8, 4) is 0 Å². The highest BCUT2D eigenvalue weighted by Gasteiger charge is 2.40. The number of nitrogens with one attached hydrogen (secondary N) is 2. The molecule has 5 amide bonds. The van der Waals surface area contributed by atoms with Crippen LogP contribution in [0.3, 0.4) is 0 Å². The molecule has 1 aliphatic carbocycles. The fraction of sp³-hybridized carbons (Fsp3) is 0.521. The number of hydrogen-bond donors (Lipinski definition) is 2. The second-order valence-electron chi connectivity index (χ2n) is 17.6. The smallest absolute Gasteiger partial charge is 0.255 e. The van der Waals surface area contributed by atoms with Gasteiger partial charge >= 0.3 is 0 Å². The summed E-state index contributed by atoms with van der Waals surface area (Å²) < 4.78 is 0. The first-order valence-corrected chi connectivity index (χ1v) is 23.7. The lowest BCUT2D eigenvalue weighted by Crippen LogP contribution is -2.52. The van der Waals surface area contributed by atoms with Crippen molar-refractivity contribution >= 4 is 53.1 Å². The van der Waals surface area contributed by atoms with Gasteiger partial charge in [0, 0.05) is 92.8 Å². The number of aromatic nitrogens is 2. The normalized spacial score (nSPS) is 19.9. The van der Waals surface area contributed by atoms with Gasteiger partial charge in [0.1, 0.15) is 6.04 Å². The monoisotopic (exact) mass is 860 g/mol. The molecule has 328 valence electrons. The zero-order valence-electron chi connectivity index (χ0n) is 36.0. The number of amides is 5. The summed E-state index contributed by atoms with van der Waals surface area (Å²) in [6.45, 7) is 9.60. The van der Waals surface area contributed by atoms with E-state index in [-0.39, 0.29) is 36.0 Å². The van der Waals surface area contributed by atoms with E-state index < -0.39 is 6.04 Å². The third kappa shape index (κ3) is 10.9. The van der Waals surface area contributed by atoms with E-state index in [9.17, 15) is 24.0 Å². The van der Waals surface area contributed by atoms with Crippen LogP contribution >= 0.6 is 11.8 Å². The van der Waals surface area contributed by atoms with E-state index in [0.29, 0.717) is 42.6 Å². The molecule has 1 unspecified atom stereocenters. The summed E-state index contributed by atoms with van der Waals surface area (Å²) >= 11 is 1.79. The van der Waals surface area contributed by atoms with E-state index in [1.54, 1.807) is 35.1 Å². The van der Waals surface area contributed by atoms with Crippen LogP contribution in [0.1, 0.15) is 120 Å². The van der Waals surface area contributed by atoms with Crippen molar-refractivity contribution in [1.29, 1.82) is 0 Å². The highest BCUT2D eigenvalue weighted by molar-refractivity contribution is 7.99. The largest absolute Gasteiger partial charge is 0.369 e. The van der Waals surface area contributed by atoms with Crippen molar-refractivity contribution < 1.29 is 24.0 Å². The Labute approximate surface area is 369 Å². The summed E-state index contributed by atoms with van der Waals surface area (Å²) in [5, 5.41) is 5.35. The molecule has 14 heteroatoms. The molecule has 0 bridgehead atoms. The van der Waals surface area contributed by atoms with E-state index in [1.807, 2.05) is 19.1 Å². The van der Waals surface area contributed by atoms with Crippen LogP contribution < -0.4 is 15.5 Å². The number of likely N-dealkylation sites (tertiary alicyclic amines) is 1. The summed E-state index contributed by atoms with van der Waals surface area (Å²) in [7, 11) is 0. The molecule has 13 nitrogen and oxygen atoms in total. The van der Waals surface area contributed by atoms with E-state index >= 15 is 0 Å². The zero-order chi connectivity index (χ0) is 43.0. The molecule has 62 heavy (non-hydrogen) atoms. The van der Waals surface area contributed by atoms with E-state index in [4.69, 9.17) is 0 Å². The van der Waals surface area contributed by atoms with Crippen molar-refractivity contribution in [3.05, 3.63) is 88.5 Å². The van der Waals surface area contributed by atoms with Crippen molar-refractivity contribution in [2.45, 2.75) is 101 Å². The first kappa shape index (κ1) is 43.6. The summed E-state index contributed by atoms with van der Waals surface area (Å²) in [5.41, 5.74) is 6.62. The van der Waals surface area contributed by atoms with Crippen molar-refractivity contribution in [1.82, 2.24) is 35.3 Å². The van der Waals surface area contributed by atoms with Gasteiger partial charge in [0.2, 0.25) is 17.7 Å². The summed E-state index contributed by atoms with van der Waals surface area (Å²) in [4.78, 5) is 81.6. The molecule has 5 heterocycles. The maximum Gasteiger partial charge on any atom is 0.255 e. The van der Waals surface area contributed by atoms with Crippen LogP contribution in [0.5, 0.6) is 0 Å². The van der Waals surface area contributed by atoms with Crippen molar-refractivity contribution in [3.63, 3.8) is 0 Å². The number of piperidine rings is 2. The van der Waals surface area contributed by atoms with Crippen LogP contribution in [-0.2, 0) is 20.9 Å². The fourth-order valence-electron chi connectivity index (χ4n) is 9.38. The van der Waals surface area contributed by atoms with Crippen LogP contribution in [0, 0.1) is 12.8 Å². The second-order valence-corrected chi connectivity index (χ2v) is 18.7. The van der Waals surface area contributed by atoms with E-state index in [1.165, 1.54) is 30.2 Å². The molecular weight excluding hydrogens is 801 g/mol. The summed E-state index contributed by atoms with van der Waals surface area (Å²) in [6.07, 6.45) is 16.9. The van der Waals surface area contributed by atoms with Gasteiger partial charge in [-0.15, -0.1) is 11.8 Å². The maximum absolute atomic E-state index is 13.8. The second kappa shape index (κ2) is 20.4. The van der Waals surface area contributed by atoms with Gasteiger partial charge in [-0.25, -0.2) is 0 Å². The Bertz CT molecular complexity index is 2160. The average Bonchev–Trinajstić information content (AvgIpc) is 4.08. The lowest BCUT2D eigenvalue weighted by Gasteiger charge is -2.37. The molecule has 0 radical (unpaired) electrons. The number of imide groups is 1. The first-order chi connectivity index (χ1) is 30.2. The molecule has 3 saturated heterocycles. The Morgan fingerprint density at radius 3 is 2.52 bits per heavy atom. The number of unbranched alkanes of at least 4 members (excludes halogenated alkanes) is 2. The molecule has 1 aromatic heterocycles. The molecule has 8 rings (SSSR count). The highest BCUT2D eigenvalue weighted by atomic mass is 32.2. The number of aryl methyl sites for hydroxylation is 1. The number of carbonyl (C=O) groups excluding carboxylic acids is 5.